The molecule has 0 unspecified atom stereocenters. The summed E-state index contributed by atoms with van der Waals surface area (Å²) in [7, 11) is 0. The van der Waals surface area contributed by atoms with Crippen LogP contribution in [0.3, 0.4) is 0 Å². The van der Waals surface area contributed by atoms with Crippen molar-refractivity contribution in [2.45, 2.75) is 103 Å². The van der Waals surface area contributed by atoms with Crippen LogP contribution in [-0.4, -0.2) is 37.0 Å². The highest BCUT2D eigenvalue weighted by Gasteiger charge is 2.10. The van der Waals surface area contributed by atoms with Crippen LogP contribution in [0.4, 0.5) is 0 Å². The molecule has 4 nitrogen and oxygen atoms in total. The third-order valence-corrected chi connectivity index (χ3v) is 5.05. The van der Waals surface area contributed by atoms with Gasteiger partial charge in [-0.1, -0.05) is 76.9 Å². The standard InChI is InChI=1S/C23H47N3O/c1-2-3-4-5-6-7-8-9-10-11-12-13-14-15-16-17-18-23(27)26(21-19-24)22-20-25/h10-11H,2-9,12-22,24-25H2,1H3/b11-10-. The smallest absolute Gasteiger partial charge is 0.222 e. The molecule has 0 saturated carbocycles. The second-order valence-electron chi connectivity index (χ2n) is 7.65. The van der Waals surface area contributed by atoms with Crippen LogP contribution in [0, 0.1) is 0 Å². The summed E-state index contributed by atoms with van der Waals surface area (Å²) in [5, 5.41) is 0. The maximum absolute atomic E-state index is 12.1. The molecule has 27 heavy (non-hydrogen) atoms. The zero-order valence-corrected chi connectivity index (χ0v) is 18.1. The number of nitrogens with two attached hydrogens (primary N) is 2. The van der Waals surface area contributed by atoms with Crippen LogP contribution in [0.1, 0.15) is 103 Å². The number of allylic oxidation sites excluding steroid dienone is 2. The number of carbonyl (C=O) groups excluding carboxylic acids is 1. The van der Waals surface area contributed by atoms with Crippen molar-refractivity contribution in [3.05, 3.63) is 12.2 Å². The Balaban J connectivity index is 3.38. The number of hydrogen-bond acceptors (Lipinski definition) is 3. The number of rotatable bonds is 20. The Labute approximate surface area is 169 Å². The van der Waals surface area contributed by atoms with E-state index in [9.17, 15) is 4.79 Å². The zero-order chi connectivity index (χ0) is 20.0. The number of nitrogens with zero attached hydrogens (tertiary/aromatic N) is 1. The second kappa shape index (κ2) is 21.4. The lowest BCUT2D eigenvalue weighted by Crippen LogP contribution is -2.38. The highest BCUT2D eigenvalue weighted by atomic mass is 16.2. The number of unbranched alkanes of at least 4 members (excludes halogenated alkanes) is 12. The van der Waals surface area contributed by atoms with E-state index in [1.807, 2.05) is 0 Å². The van der Waals surface area contributed by atoms with Crippen molar-refractivity contribution in [3.8, 4) is 0 Å². The summed E-state index contributed by atoms with van der Waals surface area (Å²) in [4.78, 5) is 13.9. The summed E-state index contributed by atoms with van der Waals surface area (Å²) in [5.41, 5.74) is 11.1. The van der Waals surface area contributed by atoms with E-state index < -0.39 is 0 Å². The van der Waals surface area contributed by atoms with Gasteiger partial charge in [-0.3, -0.25) is 4.79 Å². The van der Waals surface area contributed by atoms with Gasteiger partial charge in [0.15, 0.2) is 0 Å². The first-order chi connectivity index (χ1) is 13.3. The predicted octanol–water partition coefficient (Wildman–Crippen LogP) is 5.16. The van der Waals surface area contributed by atoms with Crippen molar-refractivity contribution in [2.24, 2.45) is 11.5 Å². The summed E-state index contributed by atoms with van der Waals surface area (Å²) in [6.45, 7) is 4.55. The van der Waals surface area contributed by atoms with E-state index in [1.54, 1.807) is 4.90 Å². The van der Waals surface area contributed by atoms with Crippen LogP contribution in [0.5, 0.6) is 0 Å². The molecule has 0 atom stereocenters. The highest BCUT2D eigenvalue weighted by molar-refractivity contribution is 5.76. The summed E-state index contributed by atoms with van der Waals surface area (Å²) in [6.07, 6.45) is 23.4. The largest absolute Gasteiger partial charge is 0.340 e. The van der Waals surface area contributed by atoms with Gasteiger partial charge in [0, 0.05) is 32.6 Å². The molecule has 0 aromatic heterocycles. The summed E-state index contributed by atoms with van der Waals surface area (Å²) < 4.78 is 0. The van der Waals surface area contributed by atoms with Gasteiger partial charge < -0.3 is 16.4 Å². The van der Waals surface area contributed by atoms with Gasteiger partial charge >= 0.3 is 0 Å². The van der Waals surface area contributed by atoms with E-state index in [-0.39, 0.29) is 5.91 Å². The van der Waals surface area contributed by atoms with Gasteiger partial charge in [0.1, 0.15) is 0 Å². The summed E-state index contributed by atoms with van der Waals surface area (Å²) in [5.74, 6) is 0.208. The molecule has 0 heterocycles. The predicted molar refractivity (Wildman–Crippen MR) is 119 cm³/mol. The lowest BCUT2D eigenvalue weighted by Gasteiger charge is -2.21. The maximum atomic E-state index is 12.1. The van der Waals surface area contributed by atoms with Crippen molar-refractivity contribution in [1.29, 1.82) is 0 Å². The number of carbonyl (C=O) groups is 1. The van der Waals surface area contributed by atoms with Crippen molar-refractivity contribution >= 4 is 5.91 Å². The minimum atomic E-state index is 0.208. The van der Waals surface area contributed by atoms with E-state index >= 15 is 0 Å². The van der Waals surface area contributed by atoms with Gasteiger partial charge in [-0.25, -0.2) is 0 Å². The van der Waals surface area contributed by atoms with E-state index in [0.717, 1.165) is 12.8 Å². The zero-order valence-electron chi connectivity index (χ0n) is 18.1. The van der Waals surface area contributed by atoms with E-state index in [4.69, 9.17) is 11.5 Å². The lowest BCUT2D eigenvalue weighted by atomic mass is 10.1. The Kier molecular flexibility index (Phi) is 20.7. The summed E-state index contributed by atoms with van der Waals surface area (Å²) >= 11 is 0. The molecule has 4 N–H and O–H groups in total. The molecule has 4 heteroatoms. The molecule has 0 aromatic rings. The minimum absolute atomic E-state index is 0.208. The molecule has 0 bridgehead atoms. The van der Waals surface area contributed by atoms with Crippen LogP contribution >= 0.6 is 0 Å². The Morgan fingerprint density at radius 1 is 0.704 bits per heavy atom. The fourth-order valence-electron chi connectivity index (χ4n) is 3.35. The average molecular weight is 382 g/mol. The molecular weight excluding hydrogens is 334 g/mol. The first-order valence-corrected chi connectivity index (χ1v) is 11.6. The van der Waals surface area contributed by atoms with Gasteiger partial charge in [0.2, 0.25) is 5.91 Å². The molecule has 0 rings (SSSR count). The Hall–Kier alpha value is -0.870. The van der Waals surface area contributed by atoms with E-state index in [0.29, 0.717) is 32.6 Å². The molecule has 0 aromatic carbocycles. The normalized spacial score (nSPS) is 11.4. The minimum Gasteiger partial charge on any atom is -0.340 e. The molecule has 0 spiro atoms. The van der Waals surface area contributed by atoms with Crippen LogP contribution in [-0.2, 0) is 4.79 Å². The SMILES string of the molecule is CCCCCCCCC/C=C\CCCCCCCC(=O)N(CCN)CCN. The van der Waals surface area contributed by atoms with E-state index in [2.05, 4.69) is 19.1 Å². The highest BCUT2D eigenvalue weighted by Crippen LogP contribution is 2.11. The molecule has 0 radical (unpaired) electrons. The quantitative estimate of drug-likeness (QED) is 0.226. The summed E-state index contributed by atoms with van der Waals surface area (Å²) in [6, 6.07) is 0. The number of amides is 1. The first-order valence-electron chi connectivity index (χ1n) is 11.6. The van der Waals surface area contributed by atoms with E-state index in [1.165, 1.54) is 77.0 Å². The molecule has 1 amide bonds. The van der Waals surface area contributed by atoms with Crippen molar-refractivity contribution in [2.75, 3.05) is 26.2 Å². The van der Waals surface area contributed by atoms with Crippen molar-refractivity contribution in [3.63, 3.8) is 0 Å². The van der Waals surface area contributed by atoms with Crippen LogP contribution in [0.15, 0.2) is 12.2 Å². The molecule has 0 saturated heterocycles. The first kappa shape index (κ1) is 26.1. The molecule has 160 valence electrons. The fourth-order valence-corrected chi connectivity index (χ4v) is 3.35. The Morgan fingerprint density at radius 2 is 1.15 bits per heavy atom. The van der Waals surface area contributed by atoms with Crippen molar-refractivity contribution < 1.29 is 4.79 Å². The Bertz CT molecular complexity index is 339. The van der Waals surface area contributed by atoms with Gasteiger partial charge in [-0.15, -0.1) is 0 Å². The third kappa shape index (κ3) is 18.3. The number of hydrogen-bond donors (Lipinski definition) is 2. The lowest BCUT2D eigenvalue weighted by molar-refractivity contribution is -0.131. The van der Waals surface area contributed by atoms with Gasteiger partial charge in [-0.2, -0.15) is 0 Å². The topological polar surface area (TPSA) is 72.3 Å². The van der Waals surface area contributed by atoms with Gasteiger partial charge in [0.25, 0.3) is 0 Å². The molecule has 0 fully saturated rings. The van der Waals surface area contributed by atoms with Crippen LogP contribution in [0.25, 0.3) is 0 Å². The van der Waals surface area contributed by atoms with Gasteiger partial charge in [0.05, 0.1) is 0 Å². The molecule has 0 aliphatic heterocycles. The monoisotopic (exact) mass is 381 g/mol. The van der Waals surface area contributed by atoms with Crippen LogP contribution in [0.2, 0.25) is 0 Å². The fraction of sp³-hybridized carbons (Fsp3) is 0.870. The van der Waals surface area contributed by atoms with Crippen LogP contribution < -0.4 is 11.5 Å². The second-order valence-corrected chi connectivity index (χ2v) is 7.65. The van der Waals surface area contributed by atoms with Crippen molar-refractivity contribution in [1.82, 2.24) is 4.90 Å². The van der Waals surface area contributed by atoms with Gasteiger partial charge in [-0.05, 0) is 32.1 Å². The molecular formula is C23H47N3O. The average Bonchev–Trinajstić information content (AvgIpc) is 2.67. The Morgan fingerprint density at radius 3 is 1.63 bits per heavy atom. The molecule has 0 aliphatic rings. The molecule has 0 aliphatic carbocycles. The third-order valence-electron chi connectivity index (χ3n) is 5.05. The maximum Gasteiger partial charge on any atom is 0.222 e.